The van der Waals surface area contributed by atoms with Crippen LogP contribution in [0.3, 0.4) is 0 Å². The van der Waals surface area contributed by atoms with Crippen molar-refractivity contribution >= 4 is 24.1 Å². The number of halogens is 1. The molecule has 1 aliphatic heterocycles. The van der Waals surface area contributed by atoms with Gasteiger partial charge in [0.2, 0.25) is 5.91 Å². The number of piperidine rings is 1. The van der Waals surface area contributed by atoms with Crippen molar-refractivity contribution < 1.29 is 9.59 Å². The maximum atomic E-state index is 12.3. The Kier molecular flexibility index (Phi) is 9.01. The number of Topliss-reactive ketones (excluding diaryl/α,β-unsaturated/α-hetero) is 1. The number of aryl methyl sites for hydroxylation is 1. The Morgan fingerprint density at radius 2 is 1.75 bits per heavy atom. The molecule has 0 atom stereocenters. The average Bonchev–Trinajstić information content (AvgIpc) is 2.58. The van der Waals surface area contributed by atoms with Crippen LogP contribution in [0.1, 0.15) is 48.0 Å². The van der Waals surface area contributed by atoms with E-state index < -0.39 is 0 Å². The lowest BCUT2D eigenvalue weighted by Crippen LogP contribution is -2.39. The van der Waals surface area contributed by atoms with Gasteiger partial charge in [-0.1, -0.05) is 29.8 Å². The summed E-state index contributed by atoms with van der Waals surface area (Å²) < 4.78 is 0. The fourth-order valence-corrected chi connectivity index (χ4v) is 3.08. The van der Waals surface area contributed by atoms with Gasteiger partial charge in [-0.3, -0.25) is 9.59 Å². The maximum absolute atomic E-state index is 12.3. The Morgan fingerprint density at radius 1 is 1.12 bits per heavy atom. The molecule has 1 aromatic rings. The van der Waals surface area contributed by atoms with Crippen LogP contribution in [0.15, 0.2) is 24.3 Å². The molecule has 134 valence electrons. The third-order valence-electron chi connectivity index (χ3n) is 4.71. The van der Waals surface area contributed by atoms with Crippen molar-refractivity contribution in [2.45, 2.75) is 39.0 Å². The molecule has 1 saturated heterocycles. The van der Waals surface area contributed by atoms with Gasteiger partial charge in [-0.25, -0.2) is 0 Å². The van der Waals surface area contributed by atoms with Gasteiger partial charge in [0.15, 0.2) is 5.78 Å². The molecular formula is C19H29ClN2O2. The normalized spacial score (nSPS) is 15.0. The SMILES string of the molecule is CNCCC1CCN(C(=O)CCC(=O)c2ccc(C)cc2)CC1.Cl. The topological polar surface area (TPSA) is 49.4 Å². The van der Waals surface area contributed by atoms with Gasteiger partial charge in [0.05, 0.1) is 0 Å². The first-order valence-corrected chi connectivity index (χ1v) is 8.62. The van der Waals surface area contributed by atoms with E-state index in [0.717, 1.165) is 44.0 Å². The zero-order valence-corrected chi connectivity index (χ0v) is 15.5. The number of nitrogens with zero attached hydrogens (tertiary/aromatic N) is 1. The predicted octanol–water partition coefficient (Wildman–Crippen LogP) is 3.23. The van der Waals surface area contributed by atoms with E-state index in [2.05, 4.69) is 5.32 Å². The Bertz CT molecular complexity index is 523. The number of hydrogen-bond donors (Lipinski definition) is 1. The van der Waals surface area contributed by atoms with Gasteiger partial charge in [0.25, 0.3) is 0 Å². The molecule has 0 spiro atoms. The molecule has 24 heavy (non-hydrogen) atoms. The highest BCUT2D eigenvalue weighted by Crippen LogP contribution is 2.21. The zero-order chi connectivity index (χ0) is 16.7. The monoisotopic (exact) mass is 352 g/mol. The summed E-state index contributed by atoms with van der Waals surface area (Å²) in [5, 5.41) is 3.18. The lowest BCUT2D eigenvalue weighted by atomic mass is 9.93. The highest BCUT2D eigenvalue weighted by molar-refractivity contribution is 5.97. The van der Waals surface area contributed by atoms with Gasteiger partial charge in [-0.05, 0) is 45.7 Å². The molecule has 0 aliphatic carbocycles. The Hall–Kier alpha value is -1.39. The summed E-state index contributed by atoms with van der Waals surface area (Å²) in [5.74, 6) is 0.903. The van der Waals surface area contributed by atoms with Gasteiger partial charge in [-0.2, -0.15) is 0 Å². The fourth-order valence-electron chi connectivity index (χ4n) is 3.08. The lowest BCUT2D eigenvalue weighted by molar-refractivity contribution is -0.132. The molecule has 4 nitrogen and oxygen atoms in total. The number of rotatable bonds is 7. The lowest BCUT2D eigenvalue weighted by Gasteiger charge is -2.32. The first kappa shape index (κ1) is 20.7. The Labute approximate surface area is 151 Å². The van der Waals surface area contributed by atoms with Crippen molar-refractivity contribution in [1.82, 2.24) is 10.2 Å². The molecule has 1 aromatic carbocycles. The summed E-state index contributed by atoms with van der Waals surface area (Å²) in [4.78, 5) is 26.3. The third-order valence-corrected chi connectivity index (χ3v) is 4.71. The molecule has 0 unspecified atom stereocenters. The average molecular weight is 353 g/mol. The minimum Gasteiger partial charge on any atom is -0.343 e. The van der Waals surface area contributed by atoms with Gasteiger partial charge in [-0.15, -0.1) is 12.4 Å². The molecule has 0 radical (unpaired) electrons. The van der Waals surface area contributed by atoms with Crippen molar-refractivity contribution in [2.75, 3.05) is 26.7 Å². The van der Waals surface area contributed by atoms with Crippen LogP contribution in [0.4, 0.5) is 0 Å². The van der Waals surface area contributed by atoms with Crippen LogP contribution in [-0.4, -0.2) is 43.3 Å². The second kappa shape index (κ2) is 10.5. The van der Waals surface area contributed by atoms with E-state index >= 15 is 0 Å². The van der Waals surface area contributed by atoms with Gasteiger partial charge < -0.3 is 10.2 Å². The molecule has 2 rings (SSSR count). The second-order valence-electron chi connectivity index (χ2n) is 6.51. The largest absolute Gasteiger partial charge is 0.343 e. The molecule has 5 heteroatoms. The molecule has 1 N–H and O–H groups in total. The van der Waals surface area contributed by atoms with E-state index in [0.29, 0.717) is 18.4 Å². The van der Waals surface area contributed by atoms with Crippen LogP contribution in [0.5, 0.6) is 0 Å². The van der Waals surface area contributed by atoms with Crippen LogP contribution >= 0.6 is 12.4 Å². The molecule has 0 aromatic heterocycles. The van der Waals surface area contributed by atoms with Crippen LogP contribution in [0.2, 0.25) is 0 Å². The zero-order valence-electron chi connectivity index (χ0n) is 14.7. The van der Waals surface area contributed by atoms with Crippen LogP contribution in [0.25, 0.3) is 0 Å². The smallest absolute Gasteiger partial charge is 0.223 e. The molecule has 0 saturated carbocycles. The number of hydrogen-bond acceptors (Lipinski definition) is 3. The van der Waals surface area contributed by atoms with Gasteiger partial charge >= 0.3 is 0 Å². The fraction of sp³-hybridized carbons (Fsp3) is 0.579. The number of carbonyl (C=O) groups excluding carboxylic acids is 2. The van der Waals surface area contributed by atoms with Crippen molar-refractivity contribution in [1.29, 1.82) is 0 Å². The predicted molar refractivity (Wildman–Crippen MR) is 99.8 cm³/mol. The summed E-state index contributed by atoms with van der Waals surface area (Å²) in [6, 6.07) is 7.56. The molecule has 1 fully saturated rings. The van der Waals surface area contributed by atoms with E-state index in [1.165, 1.54) is 6.42 Å². The molecule has 1 heterocycles. The summed E-state index contributed by atoms with van der Waals surface area (Å²) in [5.41, 5.74) is 1.84. The van der Waals surface area contributed by atoms with Crippen LogP contribution < -0.4 is 5.32 Å². The second-order valence-corrected chi connectivity index (χ2v) is 6.51. The summed E-state index contributed by atoms with van der Waals surface area (Å²) in [7, 11) is 1.98. The molecule has 1 aliphatic rings. The van der Waals surface area contributed by atoms with E-state index in [1.807, 2.05) is 43.1 Å². The molecule has 1 amide bonds. The molecular weight excluding hydrogens is 324 g/mol. The minimum atomic E-state index is 0. The van der Waals surface area contributed by atoms with Crippen molar-refractivity contribution in [3.8, 4) is 0 Å². The van der Waals surface area contributed by atoms with E-state index in [-0.39, 0.29) is 24.1 Å². The Morgan fingerprint density at radius 3 is 2.33 bits per heavy atom. The number of carbonyl (C=O) groups is 2. The van der Waals surface area contributed by atoms with Crippen molar-refractivity contribution in [3.63, 3.8) is 0 Å². The standard InChI is InChI=1S/C19H28N2O2.ClH/c1-15-3-5-17(6-4-15)18(22)7-8-19(23)21-13-10-16(11-14-21)9-12-20-2;/h3-6,16,20H,7-14H2,1-2H3;1H. The number of nitrogens with one attached hydrogen (secondary N) is 1. The van der Waals surface area contributed by atoms with Crippen LogP contribution in [-0.2, 0) is 4.79 Å². The maximum Gasteiger partial charge on any atom is 0.223 e. The number of amides is 1. The quantitative estimate of drug-likeness (QED) is 0.766. The van der Waals surface area contributed by atoms with E-state index in [9.17, 15) is 9.59 Å². The first-order valence-electron chi connectivity index (χ1n) is 8.62. The van der Waals surface area contributed by atoms with Crippen molar-refractivity contribution in [2.24, 2.45) is 5.92 Å². The van der Waals surface area contributed by atoms with Gasteiger partial charge in [0, 0.05) is 31.5 Å². The first-order chi connectivity index (χ1) is 11.1. The van der Waals surface area contributed by atoms with E-state index in [4.69, 9.17) is 0 Å². The summed E-state index contributed by atoms with van der Waals surface area (Å²) in [6.07, 6.45) is 3.98. The number of benzene rings is 1. The van der Waals surface area contributed by atoms with Crippen LogP contribution in [0, 0.1) is 12.8 Å². The summed E-state index contributed by atoms with van der Waals surface area (Å²) in [6.45, 7) is 4.72. The Balaban J connectivity index is 0.00000288. The number of ketones is 1. The van der Waals surface area contributed by atoms with Gasteiger partial charge in [0.1, 0.15) is 0 Å². The van der Waals surface area contributed by atoms with Crippen molar-refractivity contribution in [3.05, 3.63) is 35.4 Å². The highest BCUT2D eigenvalue weighted by Gasteiger charge is 2.22. The number of likely N-dealkylation sites (tertiary alicyclic amines) is 1. The highest BCUT2D eigenvalue weighted by atomic mass is 35.5. The molecule has 0 bridgehead atoms. The van der Waals surface area contributed by atoms with E-state index in [1.54, 1.807) is 0 Å². The summed E-state index contributed by atoms with van der Waals surface area (Å²) >= 11 is 0. The minimum absolute atomic E-state index is 0. The third kappa shape index (κ3) is 6.25.